The summed E-state index contributed by atoms with van der Waals surface area (Å²) in [5, 5.41) is 4.47. The molecule has 1 aromatic heterocycles. The summed E-state index contributed by atoms with van der Waals surface area (Å²) < 4.78 is 2.00. The Kier molecular flexibility index (Phi) is 3.32. The van der Waals surface area contributed by atoms with Crippen molar-refractivity contribution in [1.82, 2.24) is 9.78 Å². The summed E-state index contributed by atoms with van der Waals surface area (Å²) >= 11 is 0. The zero-order chi connectivity index (χ0) is 13.3. The van der Waals surface area contributed by atoms with Crippen LogP contribution >= 0.6 is 0 Å². The van der Waals surface area contributed by atoms with Crippen LogP contribution in [0.3, 0.4) is 0 Å². The molecule has 0 amide bonds. The summed E-state index contributed by atoms with van der Waals surface area (Å²) in [6, 6.07) is 6.10. The van der Waals surface area contributed by atoms with Crippen molar-refractivity contribution in [1.29, 1.82) is 0 Å². The molecule has 94 valence electrons. The molecule has 0 unspecified atom stereocenters. The van der Waals surface area contributed by atoms with Gasteiger partial charge in [-0.2, -0.15) is 5.10 Å². The van der Waals surface area contributed by atoms with Crippen LogP contribution in [0.4, 0.5) is 0 Å². The first-order chi connectivity index (χ1) is 8.56. The first-order valence-electron chi connectivity index (χ1n) is 6.18. The van der Waals surface area contributed by atoms with E-state index in [0.717, 1.165) is 46.5 Å². The van der Waals surface area contributed by atoms with Crippen molar-refractivity contribution < 1.29 is 4.79 Å². The van der Waals surface area contributed by atoms with Gasteiger partial charge in [0.25, 0.3) is 0 Å². The highest BCUT2D eigenvalue weighted by Gasteiger charge is 2.11. The van der Waals surface area contributed by atoms with Gasteiger partial charge in [-0.1, -0.05) is 0 Å². The van der Waals surface area contributed by atoms with Crippen molar-refractivity contribution >= 4 is 6.29 Å². The summed E-state index contributed by atoms with van der Waals surface area (Å²) in [5.41, 5.74) is 6.16. The van der Waals surface area contributed by atoms with Crippen LogP contribution in [0, 0.1) is 20.8 Å². The third kappa shape index (κ3) is 2.08. The van der Waals surface area contributed by atoms with Crippen molar-refractivity contribution in [3.8, 4) is 11.3 Å². The Morgan fingerprint density at radius 3 is 2.50 bits per heavy atom. The molecule has 1 aromatic carbocycles. The number of benzene rings is 1. The Labute approximate surface area is 107 Å². The van der Waals surface area contributed by atoms with Gasteiger partial charge in [0.15, 0.2) is 0 Å². The van der Waals surface area contributed by atoms with Gasteiger partial charge in [-0.15, -0.1) is 0 Å². The summed E-state index contributed by atoms with van der Waals surface area (Å²) in [6.45, 7) is 8.92. The van der Waals surface area contributed by atoms with E-state index in [1.54, 1.807) is 0 Å². The van der Waals surface area contributed by atoms with Crippen molar-refractivity contribution in [2.75, 3.05) is 0 Å². The maximum Gasteiger partial charge on any atom is 0.150 e. The van der Waals surface area contributed by atoms with Crippen LogP contribution in [0.2, 0.25) is 0 Å². The van der Waals surface area contributed by atoms with Gasteiger partial charge >= 0.3 is 0 Å². The van der Waals surface area contributed by atoms with Gasteiger partial charge in [-0.05, 0) is 57.0 Å². The molecule has 0 radical (unpaired) electrons. The normalized spacial score (nSPS) is 10.7. The molecule has 0 saturated carbocycles. The second-order valence-electron chi connectivity index (χ2n) is 4.63. The van der Waals surface area contributed by atoms with E-state index in [9.17, 15) is 4.79 Å². The van der Waals surface area contributed by atoms with E-state index in [-0.39, 0.29) is 0 Å². The van der Waals surface area contributed by atoms with Gasteiger partial charge in [0.05, 0.1) is 11.4 Å². The molecule has 2 aromatic rings. The minimum Gasteiger partial charge on any atom is -0.298 e. The van der Waals surface area contributed by atoms with Crippen LogP contribution in [0.5, 0.6) is 0 Å². The summed E-state index contributed by atoms with van der Waals surface area (Å²) in [4.78, 5) is 10.9. The first kappa shape index (κ1) is 12.6. The van der Waals surface area contributed by atoms with Crippen molar-refractivity contribution in [2.24, 2.45) is 0 Å². The highest BCUT2D eigenvalue weighted by atomic mass is 16.1. The highest BCUT2D eigenvalue weighted by molar-refractivity contribution is 5.80. The maximum absolute atomic E-state index is 10.9. The van der Waals surface area contributed by atoms with Crippen LogP contribution < -0.4 is 0 Å². The molecule has 1 heterocycles. The molecule has 0 saturated heterocycles. The first-order valence-corrected chi connectivity index (χ1v) is 6.18. The van der Waals surface area contributed by atoms with Crippen molar-refractivity contribution in [3.05, 3.63) is 40.6 Å². The zero-order valence-corrected chi connectivity index (χ0v) is 11.3. The third-order valence-electron chi connectivity index (χ3n) is 3.22. The fourth-order valence-electron chi connectivity index (χ4n) is 2.24. The molecule has 0 spiro atoms. The second kappa shape index (κ2) is 4.77. The molecule has 0 fully saturated rings. The number of carbonyl (C=O) groups excluding carboxylic acids is 1. The van der Waals surface area contributed by atoms with E-state index in [2.05, 4.69) is 24.2 Å². The number of aldehydes is 1. The van der Waals surface area contributed by atoms with Crippen LogP contribution in [0.1, 0.15) is 34.1 Å². The largest absolute Gasteiger partial charge is 0.298 e. The molecule has 0 aliphatic rings. The topological polar surface area (TPSA) is 34.9 Å². The summed E-state index contributed by atoms with van der Waals surface area (Å²) in [7, 11) is 0. The van der Waals surface area contributed by atoms with E-state index >= 15 is 0 Å². The number of aromatic nitrogens is 2. The van der Waals surface area contributed by atoms with Gasteiger partial charge in [-0.25, -0.2) is 0 Å². The van der Waals surface area contributed by atoms with E-state index in [1.807, 2.05) is 31.5 Å². The number of aryl methyl sites for hydroxylation is 4. The highest BCUT2D eigenvalue weighted by Crippen LogP contribution is 2.26. The summed E-state index contributed by atoms with van der Waals surface area (Å²) in [5.74, 6) is 0. The average molecular weight is 242 g/mol. The van der Waals surface area contributed by atoms with Gasteiger partial charge in [0, 0.05) is 17.7 Å². The van der Waals surface area contributed by atoms with Crippen LogP contribution in [-0.2, 0) is 6.54 Å². The number of nitrogens with zero attached hydrogens (tertiary/aromatic N) is 2. The fourth-order valence-corrected chi connectivity index (χ4v) is 2.24. The minimum atomic E-state index is 0.760. The number of rotatable bonds is 3. The minimum absolute atomic E-state index is 0.760. The average Bonchev–Trinajstić information content (AvgIpc) is 2.72. The Bertz CT molecular complexity index is 597. The molecule has 3 heteroatoms. The molecule has 3 nitrogen and oxygen atoms in total. The molecule has 0 N–H and O–H groups in total. The SMILES string of the molecule is CCn1nc(C)cc1-c1cc(C)c(C=O)cc1C. The monoisotopic (exact) mass is 242 g/mol. The summed E-state index contributed by atoms with van der Waals surface area (Å²) in [6.07, 6.45) is 0.911. The van der Waals surface area contributed by atoms with E-state index < -0.39 is 0 Å². The van der Waals surface area contributed by atoms with Crippen molar-refractivity contribution in [2.45, 2.75) is 34.2 Å². The van der Waals surface area contributed by atoms with Gasteiger partial charge in [0.2, 0.25) is 0 Å². The molecule has 0 aliphatic carbocycles. The third-order valence-corrected chi connectivity index (χ3v) is 3.22. The van der Waals surface area contributed by atoms with Crippen LogP contribution in [0.15, 0.2) is 18.2 Å². The molecule has 18 heavy (non-hydrogen) atoms. The second-order valence-corrected chi connectivity index (χ2v) is 4.63. The lowest BCUT2D eigenvalue weighted by Crippen LogP contribution is -2.01. The van der Waals surface area contributed by atoms with E-state index in [4.69, 9.17) is 0 Å². The van der Waals surface area contributed by atoms with Gasteiger partial charge < -0.3 is 0 Å². The van der Waals surface area contributed by atoms with E-state index in [1.165, 1.54) is 0 Å². The Balaban J connectivity index is 2.63. The molecular weight excluding hydrogens is 224 g/mol. The lowest BCUT2D eigenvalue weighted by atomic mass is 9.98. The van der Waals surface area contributed by atoms with Crippen molar-refractivity contribution in [3.63, 3.8) is 0 Å². The standard InChI is InChI=1S/C15H18N2O/c1-5-17-15(8-12(4)16-17)14-7-10(2)13(9-18)6-11(14)3/h6-9H,5H2,1-4H3. The van der Waals surface area contributed by atoms with Gasteiger partial charge in [0.1, 0.15) is 6.29 Å². The molecule has 0 bridgehead atoms. The maximum atomic E-state index is 10.9. The fraction of sp³-hybridized carbons (Fsp3) is 0.333. The van der Waals surface area contributed by atoms with Gasteiger partial charge in [-0.3, -0.25) is 9.48 Å². The number of hydrogen-bond donors (Lipinski definition) is 0. The molecule has 0 atom stereocenters. The zero-order valence-electron chi connectivity index (χ0n) is 11.3. The quantitative estimate of drug-likeness (QED) is 0.774. The predicted molar refractivity (Wildman–Crippen MR) is 72.9 cm³/mol. The molecule has 2 rings (SSSR count). The molecule has 0 aliphatic heterocycles. The van der Waals surface area contributed by atoms with Crippen LogP contribution in [0.25, 0.3) is 11.3 Å². The molecular formula is C15H18N2O. The smallest absolute Gasteiger partial charge is 0.150 e. The Morgan fingerprint density at radius 1 is 1.17 bits per heavy atom. The van der Waals surface area contributed by atoms with E-state index in [0.29, 0.717) is 0 Å². The number of carbonyl (C=O) groups is 1. The lowest BCUT2D eigenvalue weighted by molar-refractivity contribution is 0.112. The van der Waals surface area contributed by atoms with Crippen LogP contribution in [-0.4, -0.2) is 16.1 Å². The number of hydrogen-bond acceptors (Lipinski definition) is 2. The predicted octanol–water partition coefficient (Wildman–Crippen LogP) is 3.31. The Hall–Kier alpha value is -1.90. The Morgan fingerprint density at radius 2 is 1.89 bits per heavy atom. The lowest BCUT2D eigenvalue weighted by Gasteiger charge is -2.10.